The number of aromatic nitrogens is 2. The minimum absolute atomic E-state index is 0.00925. The van der Waals surface area contributed by atoms with Crippen LogP contribution in [0.5, 0.6) is 5.75 Å². The van der Waals surface area contributed by atoms with E-state index in [9.17, 15) is 4.79 Å². The van der Waals surface area contributed by atoms with Crippen molar-refractivity contribution < 1.29 is 13.9 Å². The van der Waals surface area contributed by atoms with Crippen LogP contribution in [0.15, 0.2) is 53.3 Å². The zero-order chi connectivity index (χ0) is 16.5. The Morgan fingerprint density at radius 3 is 2.88 bits per heavy atom. The molecule has 1 aromatic carbocycles. The summed E-state index contributed by atoms with van der Waals surface area (Å²) in [6.07, 6.45) is 3.86. The number of benzene rings is 1. The fraction of sp³-hybridized carbons (Fsp3) is 0.222. The Bertz CT molecular complexity index is 850. The van der Waals surface area contributed by atoms with E-state index in [1.165, 1.54) is 0 Å². The molecule has 3 aromatic rings. The first-order valence-electron chi connectivity index (χ1n) is 7.76. The first kappa shape index (κ1) is 14.6. The van der Waals surface area contributed by atoms with Crippen molar-refractivity contribution in [3.63, 3.8) is 0 Å². The average molecular weight is 323 g/mol. The summed E-state index contributed by atoms with van der Waals surface area (Å²) >= 11 is 0. The summed E-state index contributed by atoms with van der Waals surface area (Å²) in [5.41, 5.74) is 2.09. The van der Waals surface area contributed by atoms with E-state index in [1.807, 2.05) is 42.6 Å². The van der Waals surface area contributed by atoms with Crippen molar-refractivity contribution in [3.8, 4) is 5.75 Å². The molecule has 1 atom stereocenters. The van der Waals surface area contributed by atoms with E-state index in [4.69, 9.17) is 9.15 Å². The third-order valence-corrected chi connectivity index (χ3v) is 4.29. The van der Waals surface area contributed by atoms with Crippen molar-refractivity contribution in [3.05, 3.63) is 65.7 Å². The van der Waals surface area contributed by atoms with E-state index in [0.717, 1.165) is 28.5 Å². The van der Waals surface area contributed by atoms with Gasteiger partial charge in [-0.25, -0.2) is 4.68 Å². The van der Waals surface area contributed by atoms with Crippen LogP contribution in [0.1, 0.15) is 29.2 Å². The van der Waals surface area contributed by atoms with E-state index < -0.39 is 0 Å². The van der Waals surface area contributed by atoms with Gasteiger partial charge in [-0.15, -0.1) is 0 Å². The number of amides is 1. The molecule has 1 amide bonds. The van der Waals surface area contributed by atoms with Gasteiger partial charge in [0.2, 0.25) is 5.91 Å². The third-order valence-electron chi connectivity index (χ3n) is 4.29. The van der Waals surface area contributed by atoms with Gasteiger partial charge >= 0.3 is 0 Å². The second kappa shape index (κ2) is 5.88. The molecule has 0 spiro atoms. The van der Waals surface area contributed by atoms with Gasteiger partial charge in [-0.05, 0) is 29.8 Å². The molecule has 0 aliphatic carbocycles. The molecule has 0 saturated carbocycles. The number of carbonyl (C=O) groups excluding carboxylic acids is 1. The molecule has 2 aromatic heterocycles. The highest BCUT2D eigenvalue weighted by atomic mass is 16.5. The van der Waals surface area contributed by atoms with Crippen molar-refractivity contribution in [2.24, 2.45) is 0 Å². The molecule has 6 heteroatoms. The van der Waals surface area contributed by atoms with Crippen molar-refractivity contribution >= 4 is 11.7 Å². The largest absolute Gasteiger partial charge is 0.497 e. The lowest BCUT2D eigenvalue weighted by atomic mass is 9.87. The fourth-order valence-electron chi connectivity index (χ4n) is 3.07. The molecule has 4 rings (SSSR count). The van der Waals surface area contributed by atoms with E-state index >= 15 is 0 Å². The van der Waals surface area contributed by atoms with Crippen LogP contribution in [0, 0.1) is 0 Å². The molecule has 6 nitrogen and oxygen atoms in total. The lowest BCUT2D eigenvalue weighted by Gasteiger charge is -2.23. The summed E-state index contributed by atoms with van der Waals surface area (Å²) in [5, 5.41) is 7.37. The quantitative estimate of drug-likeness (QED) is 0.801. The number of rotatable bonds is 4. The third kappa shape index (κ3) is 2.56. The minimum atomic E-state index is -0.00971. The monoisotopic (exact) mass is 323 g/mol. The van der Waals surface area contributed by atoms with Gasteiger partial charge in [0.05, 0.1) is 19.6 Å². The Labute approximate surface area is 139 Å². The summed E-state index contributed by atoms with van der Waals surface area (Å²) in [6, 6.07) is 11.5. The predicted octanol–water partition coefficient (Wildman–Crippen LogP) is 3.01. The molecule has 122 valence electrons. The van der Waals surface area contributed by atoms with Gasteiger partial charge in [-0.3, -0.25) is 4.79 Å². The van der Waals surface area contributed by atoms with Gasteiger partial charge in [-0.2, -0.15) is 5.10 Å². The number of hydrogen-bond donors (Lipinski definition) is 1. The molecular weight excluding hydrogens is 306 g/mol. The Hall–Kier alpha value is -3.02. The van der Waals surface area contributed by atoms with Crippen molar-refractivity contribution in [2.45, 2.75) is 18.9 Å². The van der Waals surface area contributed by atoms with Crippen molar-refractivity contribution in [1.82, 2.24) is 9.78 Å². The lowest BCUT2D eigenvalue weighted by Crippen LogP contribution is -2.25. The summed E-state index contributed by atoms with van der Waals surface area (Å²) in [6.45, 7) is 0.484. The maximum atomic E-state index is 12.2. The van der Waals surface area contributed by atoms with Crippen LogP contribution in [0.25, 0.3) is 0 Å². The van der Waals surface area contributed by atoms with Gasteiger partial charge in [0, 0.05) is 17.9 Å². The topological polar surface area (TPSA) is 69.3 Å². The van der Waals surface area contributed by atoms with E-state index in [1.54, 1.807) is 18.1 Å². The molecule has 0 bridgehead atoms. The van der Waals surface area contributed by atoms with Crippen LogP contribution >= 0.6 is 0 Å². The molecule has 1 aliphatic heterocycles. The molecule has 0 fully saturated rings. The first-order chi connectivity index (χ1) is 11.7. The minimum Gasteiger partial charge on any atom is -0.497 e. The summed E-state index contributed by atoms with van der Waals surface area (Å²) in [4.78, 5) is 12.2. The SMILES string of the molecule is COc1ccc(C2CC(=O)Nc3c2cnn3Cc2ccco2)cc1. The molecule has 0 radical (unpaired) electrons. The molecular formula is C18H17N3O3. The Morgan fingerprint density at radius 2 is 2.17 bits per heavy atom. The smallest absolute Gasteiger partial charge is 0.226 e. The van der Waals surface area contributed by atoms with E-state index in [0.29, 0.717) is 13.0 Å². The van der Waals surface area contributed by atoms with Crippen LogP contribution in [0.2, 0.25) is 0 Å². The molecule has 1 unspecified atom stereocenters. The number of methoxy groups -OCH3 is 1. The van der Waals surface area contributed by atoms with Crippen LogP contribution in [-0.4, -0.2) is 22.8 Å². The molecule has 0 saturated heterocycles. The predicted molar refractivity (Wildman–Crippen MR) is 88.1 cm³/mol. The Balaban J connectivity index is 1.69. The van der Waals surface area contributed by atoms with E-state index in [-0.39, 0.29) is 11.8 Å². The maximum Gasteiger partial charge on any atom is 0.226 e. The van der Waals surface area contributed by atoms with Crippen LogP contribution in [0.4, 0.5) is 5.82 Å². The van der Waals surface area contributed by atoms with Crippen LogP contribution in [0.3, 0.4) is 0 Å². The molecule has 1 aliphatic rings. The fourth-order valence-corrected chi connectivity index (χ4v) is 3.07. The van der Waals surface area contributed by atoms with Crippen LogP contribution in [-0.2, 0) is 11.3 Å². The highest BCUT2D eigenvalue weighted by Crippen LogP contribution is 2.37. The highest BCUT2D eigenvalue weighted by molar-refractivity contribution is 5.94. The standard InChI is InChI=1S/C18H17N3O3/c1-23-13-6-4-12(5-7-13)15-9-17(22)20-18-16(15)10-19-21(18)11-14-3-2-8-24-14/h2-8,10,15H,9,11H2,1H3,(H,20,22). The van der Waals surface area contributed by atoms with Gasteiger partial charge in [0.1, 0.15) is 23.9 Å². The maximum absolute atomic E-state index is 12.2. The number of carbonyl (C=O) groups is 1. The second-order valence-electron chi connectivity index (χ2n) is 5.76. The first-order valence-corrected chi connectivity index (χ1v) is 7.76. The van der Waals surface area contributed by atoms with Gasteiger partial charge in [0.25, 0.3) is 0 Å². The zero-order valence-electron chi connectivity index (χ0n) is 13.2. The summed E-state index contributed by atoms with van der Waals surface area (Å²) in [7, 11) is 1.64. The summed E-state index contributed by atoms with van der Waals surface area (Å²) in [5.74, 6) is 2.31. The molecule has 24 heavy (non-hydrogen) atoms. The van der Waals surface area contributed by atoms with Crippen molar-refractivity contribution in [1.29, 1.82) is 0 Å². The number of fused-ring (bicyclic) bond motifs is 1. The van der Waals surface area contributed by atoms with Gasteiger partial charge in [-0.1, -0.05) is 12.1 Å². The number of ether oxygens (including phenoxy) is 1. The number of furan rings is 1. The van der Waals surface area contributed by atoms with Crippen LogP contribution < -0.4 is 10.1 Å². The highest BCUT2D eigenvalue weighted by Gasteiger charge is 2.30. The Kier molecular flexibility index (Phi) is 3.57. The van der Waals surface area contributed by atoms with Gasteiger partial charge in [0.15, 0.2) is 0 Å². The zero-order valence-corrected chi connectivity index (χ0v) is 13.2. The van der Waals surface area contributed by atoms with E-state index in [2.05, 4.69) is 10.4 Å². The Morgan fingerprint density at radius 1 is 1.33 bits per heavy atom. The lowest BCUT2D eigenvalue weighted by molar-refractivity contribution is -0.116. The number of nitrogens with zero attached hydrogens (tertiary/aromatic N) is 2. The average Bonchev–Trinajstić information content (AvgIpc) is 3.25. The summed E-state index contributed by atoms with van der Waals surface area (Å²) < 4.78 is 12.3. The number of hydrogen-bond acceptors (Lipinski definition) is 4. The second-order valence-corrected chi connectivity index (χ2v) is 5.76. The van der Waals surface area contributed by atoms with Crippen molar-refractivity contribution in [2.75, 3.05) is 12.4 Å². The molecule has 3 heterocycles. The normalized spacial score (nSPS) is 16.5. The molecule has 1 N–H and O–H groups in total. The number of nitrogens with one attached hydrogen (secondary N) is 1. The van der Waals surface area contributed by atoms with Gasteiger partial charge < -0.3 is 14.5 Å². The number of anilines is 1.